The first-order valence-corrected chi connectivity index (χ1v) is 7.84. The Morgan fingerprint density at radius 3 is 2.65 bits per heavy atom. The fraction of sp³-hybridized carbons (Fsp3) is 0.647. The Hall–Kier alpha value is -0.930. The number of halogens is 1. The molecule has 20 heavy (non-hydrogen) atoms. The molecule has 112 valence electrons. The summed E-state index contributed by atoms with van der Waals surface area (Å²) in [5, 5.41) is 3.68. The third kappa shape index (κ3) is 4.03. The zero-order valence-corrected chi connectivity index (χ0v) is 12.9. The molecule has 1 N–H and O–H groups in total. The molecule has 0 saturated carbocycles. The summed E-state index contributed by atoms with van der Waals surface area (Å²) in [5.74, 6) is 0.548. The maximum atomic E-state index is 13.0. The van der Waals surface area contributed by atoms with E-state index >= 15 is 0 Å². The van der Waals surface area contributed by atoms with Gasteiger partial charge in [0, 0.05) is 18.6 Å². The van der Waals surface area contributed by atoms with E-state index < -0.39 is 0 Å². The summed E-state index contributed by atoms with van der Waals surface area (Å²) in [4.78, 5) is 2.54. The van der Waals surface area contributed by atoms with Gasteiger partial charge in [-0.3, -0.25) is 0 Å². The van der Waals surface area contributed by atoms with Crippen molar-refractivity contribution in [2.75, 3.05) is 19.6 Å². The van der Waals surface area contributed by atoms with Crippen LogP contribution in [0, 0.1) is 11.7 Å². The zero-order chi connectivity index (χ0) is 14.5. The van der Waals surface area contributed by atoms with Crippen LogP contribution in [0.4, 0.5) is 4.39 Å². The van der Waals surface area contributed by atoms with Crippen LogP contribution in [0.2, 0.25) is 0 Å². The van der Waals surface area contributed by atoms with E-state index in [-0.39, 0.29) is 11.9 Å². The zero-order valence-electron chi connectivity index (χ0n) is 12.9. The normalized spacial score (nSPS) is 23.5. The van der Waals surface area contributed by atoms with Gasteiger partial charge in [0.1, 0.15) is 5.82 Å². The van der Waals surface area contributed by atoms with E-state index in [0.29, 0.717) is 12.0 Å². The molecule has 0 bridgehead atoms. The molecule has 3 atom stereocenters. The minimum atomic E-state index is -0.167. The molecule has 3 heteroatoms. The second kappa shape index (κ2) is 7.19. The molecule has 1 heterocycles. The molecular formula is C17H27FN2. The fourth-order valence-electron chi connectivity index (χ4n) is 3.16. The Morgan fingerprint density at radius 2 is 2.00 bits per heavy atom. The average Bonchev–Trinajstić information content (AvgIpc) is 2.47. The minimum Gasteiger partial charge on any atom is -0.307 e. The summed E-state index contributed by atoms with van der Waals surface area (Å²) in [6, 6.07) is 7.58. The monoisotopic (exact) mass is 278 g/mol. The van der Waals surface area contributed by atoms with Crippen LogP contribution in [0.1, 0.15) is 45.2 Å². The van der Waals surface area contributed by atoms with Crippen molar-refractivity contribution in [3.63, 3.8) is 0 Å². The van der Waals surface area contributed by atoms with Crippen molar-refractivity contribution >= 4 is 0 Å². The van der Waals surface area contributed by atoms with Crippen LogP contribution >= 0.6 is 0 Å². The lowest BCUT2D eigenvalue weighted by molar-refractivity contribution is 0.153. The van der Waals surface area contributed by atoms with E-state index in [1.807, 2.05) is 12.1 Å². The summed E-state index contributed by atoms with van der Waals surface area (Å²) in [6.45, 7) is 10.3. The highest BCUT2D eigenvalue weighted by atomic mass is 19.1. The van der Waals surface area contributed by atoms with Crippen molar-refractivity contribution in [2.45, 2.75) is 45.7 Å². The average molecular weight is 278 g/mol. The Balaban J connectivity index is 1.89. The first-order chi connectivity index (χ1) is 9.60. The summed E-state index contributed by atoms with van der Waals surface area (Å²) < 4.78 is 13.0. The summed E-state index contributed by atoms with van der Waals surface area (Å²) in [7, 11) is 0. The number of likely N-dealkylation sites (tertiary alicyclic amines) is 1. The molecule has 1 fully saturated rings. The molecule has 0 amide bonds. The largest absolute Gasteiger partial charge is 0.307 e. The molecule has 1 aliphatic rings. The lowest BCUT2D eigenvalue weighted by Gasteiger charge is -2.36. The first-order valence-electron chi connectivity index (χ1n) is 7.84. The smallest absolute Gasteiger partial charge is 0.123 e. The molecule has 2 rings (SSSR count). The van der Waals surface area contributed by atoms with Crippen molar-refractivity contribution in [1.29, 1.82) is 0 Å². The van der Waals surface area contributed by atoms with E-state index in [9.17, 15) is 4.39 Å². The molecule has 1 aromatic carbocycles. The topological polar surface area (TPSA) is 15.3 Å². The lowest BCUT2D eigenvalue weighted by atomic mass is 9.90. The van der Waals surface area contributed by atoms with Gasteiger partial charge in [0.05, 0.1) is 0 Å². The van der Waals surface area contributed by atoms with Gasteiger partial charge >= 0.3 is 0 Å². The highest BCUT2D eigenvalue weighted by Crippen LogP contribution is 2.22. The van der Waals surface area contributed by atoms with Crippen molar-refractivity contribution in [3.05, 3.63) is 35.6 Å². The quantitative estimate of drug-likeness (QED) is 0.885. The highest BCUT2D eigenvalue weighted by Gasteiger charge is 2.24. The minimum absolute atomic E-state index is 0.167. The molecule has 0 radical (unpaired) electrons. The van der Waals surface area contributed by atoms with Gasteiger partial charge in [0.2, 0.25) is 0 Å². The van der Waals surface area contributed by atoms with Gasteiger partial charge in [0.25, 0.3) is 0 Å². The highest BCUT2D eigenvalue weighted by molar-refractivity contribution is 5.19. The number of hydrogen-bond donors (Lipinski definition) is 1. The molecular weight excluding hydrogens is 251 g/mol. The number of nitrogens with one attached hydrogen (secondary N) is 1. The predicted octanol–water partition coefficient (Wildman–Crippen LogP) is 3.60. The summed E-state index contributed by atoms with van der Waals surface area (Å²) >= 11 is 0. The summed E-state index contributed by atoms with van der Waals surface area (Å²) in [5.41, 5.74) is 1.15. The SMILES string of the molecule is CCN1CCCC(C(C)N[C@@H](C)c2ccc(F)cc2)C1. The van der Waals surface area contributed by atoms with Gasteiger partial charge in [-0.05, 0) is 63.4 Å². The van der Waals surface area contributed by atoms with Crippen LogP contribution in [-0.4, -0.2) is 30.6 Å². The first kappa shape index (κ1) is 15.5. The second-order valence-corrected chi connectivity index (χ2v) is 6.02. The fourth-order valence-corrected chi connectivity index (χ4v) is 3.16. The Bertz CT molecular complexity index is 404. The van der Waals surface area contributed by atoms with Crippen molar-refractivity contribution < 1.29 is 4.39 Å². The van der Waals surface area contributed by atoms with Crippen LogP contribution < -0.4 is 5.32 Å². The summed E-state index contributed by atoms with van der Waals surface area (Å²) in [6.07, 6.45) is 2.61. The Kier molecular flexibility index (Phi) is 5.55. The molecule has 0 spiro atoms. The van der Waals surface area contributed by atoms with Crippen LogP contribution in [0.15, 0.2) is 24.3 Å². The van der Waals surface area contributed by atoms with Crippen LogP contribution in [0.25, 0.3) is 0 Å². The maximum Gasteiger partial charge on any atom is 0.123 e. The van der Waals surface area contributed by atoms with E-state index in [1.165, 1.54) is 38.1 Å². The molecule has 0 aromatic heterocycles. The van der Waals surface area contributed by atoms with Crippen LogP contribution in [0.3, 0.4) is 0 Å². The van der Waals surface area contributed by atoms with Gasteiger partial charge in [-0.2, -0.15) is 0 Å². The number of nitrogens with zero attached hydrogens (tertiary/aromatic N) is 1. The van der Waals surface area contributed by atoms with E-state index in [1.54, 1.807) is 0 Å². The van der Waals surface area contributed by atoms with Crippen LogP contribution in [-0.2, 0) is 0 Å². The molecule has 0 aliphatic carbocycles. The van der Waals surface area contributed by atoms with Gasteiger partial charge in [-0.1, -0.05) is 19.1 Å². The standard InChI is InChI=1S/C17H27FN2/c1-4-20-11-5-6-16(12-20)14(3)19-13(2)15-7-9-17(18)10-8-15/h7-10,13-14,16,19H,4-6,11-12H2,1-3H3/t13-,14?,16?/m0/s1. The molecule has 1 aromatic rings. The number of rotatable bonds is 5. The van der Waals surface area contributed by atoms with Crippen molar-refractivity contribution in [1.82, 2.24) is 10.2 Å². The molecule has 2 nitrogen and oxygen atoms in total. The number of hydrogen-bond acceptors (Lipinski definition) is 2. The molecule has 1 saturated heterocycles. The van der Waals surface area contributed by atoms with Gasteiger partial charge in [-0.15, -0.1) is 0 Å². The van der Waals surface area contributed by atoms with E-state index in [2.05, 4.69) is 31.0 Å². The molecule has 1 aliphatic heterocycles. The van der Waals surface area contributed by atoms with E-state index in [0.717, 1.165) is 12.1 Å². The van der Waals surface area contributed by atoms with Gasteiger partial charge in [-0.25, -0.2) is 4.39 Å². The predicted molar refractivity (Wildman–Crippen MR) is 82.3 cm³/mol. The van der Waals surface area contributed by atoms with Crippen molar-refractivity contribution in [2.24, 2.45) is 5.92 Å². The lowest BCUT2D eigenvalue weighted by Crippen LogP contribution is -2.44. The third-order valence-electron chi connectivity index (χ3n) is 4.58. The second-order valence-electron chi connectivity index (χ2n) is 6.02. The Labute approximate surface area is 122 Å². The maximum absolute atomic E-state index is 13.0. The van der Waals surface area contributed by atoms with Gasteiger partial charge < -0.3 is 10.2 Å². The number of piperidine rings is 1. The van der Waals surface area contributed by atoms with Crippen molar-refractivity contribution in [3.8, 4) is 0 Å². The van der Waals surface area contributed by atoms with Crippen LogP contribution in [0.5, 0.6) is 0 Å². The molecule has 2 unspecified atom stereocenters. The third-order valence-corrected chi connectivity index (χ3v) is 4.58. The Morgan fingerprint density at radius 1 is 1.30 bits per heavy atom. The van der Waals surface area contributed by atoms with Gasteiger partial charge in [0.15, 0.2) is 0 Å². The number of benzene rings is 1. The van der Waals surface area contributed by atoms with E-state index in [4.69, 9.17) is 0 Å².